The average Bonchev–Trinajstić information content (AvgIpc) is 3.04. The minimum Gasteiger partial charge on any atom is -0.481 e. The molecule has 0 bridgehead atoms. The van der Waals surface area contributed by atoms with E-state index in [9.17, 15) is 14.7 Å². The number of ether oxygens (including phenoxy) is 2. The van der Waals surface area contributed by atoms with Crippen LogP contribution in [0.3, 0.4) is 0 Å². The van der Waals surface area contributed by atoms with Crippen molar-refractivity contribution in [3.8, 4) is 0 Å². The maximum Gasteiger partial charge on any atom is 0.309 e. The van der Waals surface area contributed by atoms with Gasteiger partial charge in [-0.25, -0.2) is 0 Å². The lowest BCUT2D eigenvalue weighted by molar-refractivity contribution is -0.146. The number of carbonyl (C=O) groups is 2. The molecular formula is C17H29NO5. The summed E-state index contributed by atoms with van der Waals surface area (Å²) >= 11 is 0. The molecule has 0 saturated carbocycles. The number of carboxylic acids is 1. The number of piperidine rings is 1. The summed E-state index contributed by atoms with van der Waals surface area (Å²) in [4.78, 5) is 25.2. The van der Waals surface area contributed by atoms with E-state index in [4.69, 9.17) is 9.47 Å². The van der Waals surface area contributed by atoms with E-state index in [0.717, 1.165) is 32.1 Å². The van der Waals surface area contributed by atoms with Crippen molar-refractivity contribution in [3.05, 3.63) is 0 Å². The topological polar surface area (TPSA) is 76.1 Å². The fraction of sp³-hybridized carbons (Fsp3) is 0.882. The number of amides is 1. The van der Waals surface area contributed by atoms with Gasteiger partial charge < -0.3 is 19.5 Å². The fourth-order valence-corrected chi connectivity index (χ4v) is 3.52. The second-order valence-corrected chi connectivity index (χ2v) is 6.55. The molecule has 0 radical (unpaired) electrons. The number of aliphatic carboxylic acids is 1. The van der Waals surface area contributed by atoms with Crippen LogP contribution < -0.4 is 0 Å². The molecule has 1 N–H and O–H groups in total. The van der Waals surface area contributed by atoms with Crippen molar-refractivity contribution in [2.75, 3.05) is 32.9 Å². The molecule has 23 heavy (non-hydrogen) atoms. The van der Waals surface area contributed by atoms with Gasteiger partial charge >= 0.3 is 5.97 Å². The normalized spacial score (nSPS) is 25.7. The van der Waals surface area contributed by atoms with Gasteiger partial charge in [-0.1, -0.05) is 19.8 Å². The molecule has 132 valence electrons. The fourth-order valence-electron chi connectivity index (χ4n) is 3.52. The summed E-state index contributed by atoms with van der Waals surface area (Å²) in [5.41, 5.74) is 0. The summed E-state index contributed by atoms with van der Waals surface area (Å²) in [6.07, 6.45) is 5.32. The van der Waals surface area contributed by atoms with Gasteiger partial charge in [0.05, 0.1) is 12.0 Å². The highest BCUT2D eigenvalue weighted by molar-refractivity contribution is 5.77. The molecule has 0 aromatic carbocycles. The molecule has 1 amide bonds. The lowest BCUT2D eigenvalue weighted by atomic mass is 9.84. The molecule has 0 aromatic heterocycles. The lowest BCUT2D eigenvalue weighted by Crippen LogP contribution is -2.44. The van der Waals surface area contributed by atoms with E-state index < -0.39 is 5.97 Å². The Hall–Kier alpha value is -1.14. The lowest BCUT2D eigenvalue weighted by Gasteiger charge is -2.35. The van der Waals surface area contributed by atoms with E-state index in [1.54, 1.807) is 0 Å². The van der Waals surface area contributed by atoms with Crippen molar-refractivity contribution in [1.29, 1.82) is 0 Å². The summed E-state index contributed by atoms with van der Waals surface area (Å²) in [5, 5.41) is 9.25. The first kappa shape index (κ1) is 18.2. The van der Waals surface area contributed by atoms with Crippen LogP contribution in [0, 0.1) is 11.8 Å². The molecule has 0 aromatic rings. The Balaban J connectivity index is 1.69. The second kappa shape index (κ2) is 9.23. The summed E-state index contributed by atoms with van der Waals surface area (Å²) in [5.74, 6) is -0.856. The van der Waals surface area contributed by atoms with Crippen molar-refractivity contribution in [2.45, 2.75) is 51.6 Å². The maximum atomic E-state index is 12.1. The SMILES string of the molecule is CCCCCOCC(=O)N1CCC([C@@H]2OCCC2C(=O)O)CC1. The van der Waals surface area contributed by atoms with Crippen molar-refractivity contribution in [3.63, 3.8) is 0 Å². The Morgan fingerprint density at radius 1 is 1.22 bits per heavy atom. The molecule has 6 heteroatoms. The number of rotatable bonds is 8. The second-order valence-electron chi connectivity index (χ2n) is 6.55. The van der Waals surface area contributed by atoms with Crippen molar-refractivity contribution in [1.82, 2.24) is 4.90 Å². The summed E-state index contributed by atoms with van der Waals surface area (Å²) < 4.78 is 11.1. The summed E-state index contributed by atoms with van der Waals surface area (Å²) in [6.45, 7) is 4.82. The van der Waals surface area contributed by atoms with Crippen LogP contribution in [0.4, 0.5) is 0 Å². The van der Waals surface area contributed by atoms with Gasteiger partial charge in [-0.3, -0.25) is 9.59 Å². The zero-order chi connectivity index (χ0) is 16.7. The third kappa shape index (κ3) is 5.18. The molecular weight excluding hydrogens is 298 g/mol. The van der Waals surface area contributed by atoms with Crippen molar-refractivity contribution < 1.29 is 24.2 Å². The van der Waals surface area contributed by atoms with Gasteiger partial charge in [0.15, 0.2) is 0 Å². The van der Waals surface area contributed by atoms with Gasteiger partial charge in [-0.05, 0) is 31.6 Å². The highest BCUT2D eigenvalue weighted by atomic mass is 16.5. The van der Waals surface area contributed by atoms with Gasteiger partial charge in [0, 0.05) is 26.3 Å². The smallest absolute Gasteiger partial charge is 0.309 e. The molecule has 2 rings (SSSR count). The molecule has 2 saturated heterocycles. The van der Waals surface area contributed by atoms with Crippen LogP contribution in [0.1, 0.15) is 45.4 Å². The molecule has 2 aliphatic rings. The molecule has 2 atom stereocenters. The molecule has 2 fully saturated rings. The average molecular weight is 327 g/mol. The van der Waals surface area contributed by atoms with E-state index in [2.05, 4.69) is 6.92 Å². The molecule has 0 aliphatic carbocycles. The van der Waals surface area contributed by atoms with Gasteiger partial charge in [0.1, 0.15) is 6.61 Å². The van der Waals surface area contributed by atoms with Gasteiger partial charge in [-0.2, -0.15) is 0 Å². The van der Waals surface area contributed by atoms with Gasteiger partial charge in [0.25, 0.3) is 0 Å². The quantitative estimate of drug-likeness (QED) is 0.689. The van der Waals surface area contributed by atoms with Crippen LogP contribution >= 0.6 is 0 Å². The Kier molecular flexibility index (Phi) is 7.30. The maximum absolute atomic E-state index is 12.1. The van der Waals surface area contributed by atoms with Crippen LogP contribution in [0.2, 0.25) is 0 Å². The number of likely N-dealkylation sites (tertiary alicyclic amines) is 1. The standard InChI is InChI=1S/C17H29NO5/c1-2-3-4-10-22-12-15(19)18-8-5-13(6-9-18)16-14(17(20)21)7-11-23-16/h13-14,16H,2-12H2,1H3,(H,20,21)/t14?,16-/m0/s1. The zero-order valence-corrected chi connectivity index (χ0v) is 14.0. The minimum absolute atomic E-state index is 0.0436. The minimum atomic E-state index is -0.758. The van der Waals surface area contributed by atoms with Gasteiger partial charge in [0.2, 0.25) is 5.91 Å². The number of carbonyl (C=O) groups excluding carboxylic acids is 1. The largest absolute Gasteiger partial charge is 0.481 e. The highest BCUT2D eigenvalue weighted by Crippen LogP contribution is 2.33. The van der Waals surface area contributed by atoms with E-state index in [0.29, 0.717) is 32.7 Å². The number of hydrogen-bond acceptors (Lipinski definition) is 4. The number of hydrogen-bond donors (Lipinski definition) is 1. The zero-order valence-electron chi connectivity index (χ0n) is 14.0. The Morgan fingerprint density at radius 3 is 2.61 bits per heavy atom. The van der Waals surface area contributed by atoms with E-state index in [-0.39, 0.29) is 30.5 Å². The van der Waals surface area contributed by atoms with Gasteiger partial charge in [-0.15, -0.1) is 0 Å². The van der Waals surface area contributed by atoms with Crippen molar-refractivity contribution in [2.24, 2.45) is 11.8 Å². The Morgan fingerprint density at radius 2 is 1.96 bits per heavy atom. The predicted molar refractivity (Wildman–Crippen MR) is 85.1 cm³/mol. The van der Waals surface area contributed by atoms with Crippen LogP contribution in [0.25, 0.3) is 0 Å². The molecule has 2 aliphatic heterocycles. The molecule has 6 nitrogen and oxygen atoms in total. The van der Waals surface area contributed by atoms with Crippen LogP contribution in [-0.4, -0.2) is 60.9 Å². The van der Waals surface area contributed by atoms with Crippen LogP contribution in [-0.2, 0) is 19.1 Å². The number of nitrogens with zero attached hydrogens (tertiary/aromatic N) is 1. The summed E-state index contributed by atoms with van der Waals surface area (Å²) in [7, 11) is 0. The Bertz CT molecular complexity index is 392. The number of carboxylic acid groups (broad SMARTS) is 1. The monoisotopic (exact) mass is 327 g/mol. The first-order chi connectivity index (χ1) is 11.1. The van der Waals surface area contributed by atoms with Crippen LogP contribution in [0.5, 0.6) is 0 Å². The van der Waals surface area contributed by atoms with Crippen molar-refractivity contribution >= 4 is 11.9 Å². The summed E-state index contributed by atoms with van der Waals surface area (Å²) in [6, 6.07) is 0. The van der Waals surface area contributed by atoms with E-state index >= 15 is 0 Å². The third-order valence-corrected chi connectivity index (χ3v) is 4.93. The Labute approximate surface area is 138 Å². The molecule has 2 heterocycles. The molecule has 1 unspecified atom stereocenters. The highest BCUT2D eigenvalue weighted by Gasteiger charge is 2.40. The van der Waals surface area contributed by atoms with Crippen LogP contribution in [0.15, 0.2) is 0 Å². The first-order valence-corrected chi connectivity index (χ1v) is 8.83. The van der Waals surface area contributed by atoms with E-state index in [1.165, 1.54) is 0 Å². The van der Waals surface area contributed by atoms with E-state index in [1.807, 2.05) is 4.90 Å². The molecule has 0 spiro atoms. The first-order valence-electron chi connectivity index (χ1n) is 8.83. The predicted octanol–water partition coefficient (Wildman–Crippen LogP) is 1.92. The number of unbranched alkanes of at least 4 members (excludes halogenated alkanes) is 2. The third-order valence-electron chi connectivity index (χ3n) is 4.93.